The highest BCUT2D eigenvalue weighted by Crippen LogP contribution is 2.42. The van der Waals surface area contributed by atoms with Crippen LogP contribution in [0.2, 0.25) is 0 Å². The lowest BCUT2D eigenvalue weighted by atomic mass is 9.75. The lowest BCUT2D eigenvalue weighted by molar-refractivity contribution is -0.127. The first-order valence-electron chi connectivity index (χ1n) is 7.90. The van der Waals surface area contributed by atoms with Gasteiger partial charge in [0.2, 0.25) is 5.91 Å². The molecule has 2 atom stereocenters. The highest BCUT2D eigenvalue weighted by Gasteiger charge is 2.49. The molecular formula is C17H23NO4S. The van der Waals surface area contributed by atoms with Gasteiger partial charge in [-0.15, -0.1) is 11.8 Å². The normalized spacial score (nSPS) is 26.9. The summed E-state index contributed by atoms with van der Waals surface area (Å²) in [5.41, 5.74) is -0.158. The van der Waals surface area contributed by atoms with E-state index in [1.54, 1.807) is 7.11 Å². The molecule has 0 aromatic heterocycles. The molecule has 3 rings (SSSR count). The number of likely N-dealkylation sites (tertiary alicyclic amines) is 1. The summed E-state index contributed by atoms with van der Waals surface area (Å²) < 4.78 is 10.7. The second-order valence-electron chi connectivity index (χ2n) is 6.28. The van der Waals surface area contributed by atoms with Crippen LogP contribution in [0.5, 0.6) is 5.75 Å². The number of aliphatic hydroxyl groups excluding tert-OH is 1. The fourth-order valence-corrected chi connectivity index (χ4v) is 4.27. The van der Waals surface area contributed by atoms with Gasteiger partial charge in [0.1, 0.15) is 5.75 Å². The maximum absolute atomic E-state index is 12.5. The molecule has 1 N–H and O–H groups in total. The fraction of sp³-hybridized carbons (Fsp3) is 0.588. The summed E-state index contributed by atoms with van der Waals surface area (Å²) in [6.45, 7) is 2.80. The molecule has 2 fully saturated rings. The van der Waals surface area contributed by atoms with Crippen molar-refractivity contribution in [2.24, 2.45) is 11.3 Å². The minimum atomic E-state index is -0.158. The highest BCUT2D eigenvalue weighted by molar-refractivity contribution is 8.00. The van der Waals surface area contributed by atoms with Gasteiger partial charge in [0.25, 0.3) is 0 Å². The van der Waals surface area contributed by atoms with Crippen LogP contribution in [0, 0.1) is 11.3 Å². The zero-order chi connectivity index (χ0) is 16.3. The minimum absolute atomic E-state index is 0.125. The smallest absolute Gasteiger partial charge is 0.232 e. The van der Waals surface area contributed by atoms with E-state index in [0.717, 1.165) is 17.1 Å². The Labute approximate surface area is 140 Å². The molecule has 2 aliphatic heterocycles. The average Bonchev–Trinajstić information content (AvgIpc) is 3.00. The molecule has 0 bridgehead atoms. The van der Waals surface area contributed by atoms with Gasteiger partial charge >= 0.3 is 0 Å². The van der Waals surface area contributed by atoms with E-state index in [-0.39, 0.29) is 23.8 Å². The molecule has 1 amide bonds. The molecule has 0 spiro atoms. The Balaban J connectivity index is 1.58. The van der Waals surface area contributed by atoms with E-state index in [9.17, 15) is 9.90 Å². The number of carbonyl (C=O) groups is 1. The minimum Gasteiger partial charge on any atom is -0.497 e. The number of ether oxygens (including phenoxy) is 2. The Morgan fingerprint density at radius 2 is 2.43 bits per heavy atom. The molecule has 0 saturated carbocycles. The fourth-order valence-electron chi connectivity index (χ4n) is 3.42. The number of hydrogen-bond donors (Lipinski definition) is 1. The topological polar surface area (TPSA) is 59.0 Å². The van der Waals surface area contributed by atoms with Gasteiger partial charge in [-0.1, -0.05) is 6.07 Å². The predicted molar refractivity (Wildman–Crippen MR) is 88.7 cm³/mol. The average molecular weight is 337 g/mol. The first-order chi connectivity index (χ1) is 11.2. The Kier molecular flexibility index (Phi) is 5.14. The Morgan fingerprint density at radius 3 is 3.17 bits per heavy atom. The van der Waals surface area contributed by atoms with Gasteiger partial charge in [-0.2, -0.15) is 0 Å². The second-order valence-corrected chi connectivity index (χ2v) is 7.33. The van der Waals surface area contributed by atoms with Crippen LogP contribution in [-0.4, -0.2) is 61.7 Å². The summed E-state index contributed by atoms with van der Waals surface area (Å²) in [4.78, 5) is 15.4. The Morgan fingerprint density at radius 1 is 1.57 bits per heavy atom. The third-order valence-corrected chi connectivity index (χ3v) is 5.93. The number of benzene rings is 1. The third-order valence-electron chi connectivity index (χ3n) is 4.95. The van der Waals surface area contributed by atoms with Crippen molar-refractivity contribution >= 4 is 17.7 Å². The van der Waals surface area contributed by atoms with Crippen LogP contribution in [0.25, 0.3) is 0 Å². The first kappa shape index (κ1) is 16.6. The van der Waals surface area contributed by atoms with E-state index >= 15 is 0 Å². The molecule has 2 saturated heterocycles. The molecule has 23 heavy (non-hydrogen) atoms. The first-order valence-corrected chi connectivity index (χ1v) is 8.89. The summed E-state index contributed by atoms with van der Waals surface area (Å²) >= 11 is 1.52. The van der Waals surface area contributed by atoms with Crippen LogP contribution >= 0.6 is 11.8 Å². The van der Waals surface area contributed by atoms with Gasteiger partial charge in [0, 0.05) is 35.9 Å². The number of nitrogens with zero attached hydrogens (tertiary/aromatic N) is 1. The summed E-state index contributed by atoms with van der Waals surface area (Å²) in [5.74, 6) is 1.58. The number of rotatable bonds is 5. The van der Waals surface area contributed by atoms with Crippen molar-refractivity contribution in [3.05, 3.63) is 24.3 Å². The standard InChI is InChI=1S/C17H23NO4S/c1-21-14-3-2-4-15(7-14)23-10-16(20)18-8-13-9-22-6-5-17(13,11-18)12-19/h2-4,7,13,19H,5-6,8-12H2,1H3/t13-,17-/m1/s1. The summed E-state index contributed by atoms with van der Waals surface area (Å²) in [7, 11) is 1.64. The zero-order valence-electron chi connectivity index (χ0n) is 13.4. The monoisotopic (exact) mass is 337 g/mol. The van der Waals surface area contributed by atoms with Crippen LogP contribution in [0.3, 0.4) is 0 Å². The summed E-state index contributed by atoms with van der Waals surface area (Å²) in [6.07, 6.45) is 0.834. The molecule has 2 aliphatic rings. The van der Waals surface area contributed by atoms with Crippen LogP contribution in [0.15, 0.2) is 29.2 Å². The Bertz CT molecular complexity index is 567. The second kappa shape index (κ2) is 7.11. The molecule has 5 nitrogen and oxygen atoms in total. The number of hydrogen-bond acceptors (Lipinski definition) is 5. The van der Waals surface area contributed by atoms with Crippen molar-refractivity contribution in [1.82, 2.24) is 4.90 Å². The molecule has 0 radical (unpaired) electrons. The molecular weight excluding hydrogens is 314 g/mol. The van der Waals surface area contributed by atoms with E-state index in [1.165, 1.54) is 11.8 Å². The molecule has 0 unspecified atom stereocenters. The van der Waals surface area contributed by atoms with Crippen LogP contribution in [-0.2, 0) is 9.53 Å². The van der Waals surface area contributed by atoms with Gasteiger partial charge in [-0.3, -0.25) is 4.79 Å². The Hall–Kier alpha value is -1.24. The van der Waals surface area contributed by atoms with Crippen molar-refractivity contribution in [1.29, 1.82) is 0 Å². The molecule has 1 aromatic carbocycles. The molecule has 126 valence electrons. The van der Waals surface area contributed by atoms with Gasteiger partial charge in [-0.05, 0) is 24.6 Å². The molecule has 0 aliphatic carbocycles. The van der Waals surface area contributed by atoms with Crippen molar-refractivity contribution in [2.45, 2.75) is 11.3 Å². The largest absolute Gasteiger partial charge is 0.497 e. The summed E-state index contributed by atoms with van der Waals surface area (Å²) in [6, 6.07) is 7.73. The van der Waals surface area contributed by atoms with Gasteiger partial charge in [0.05, 0.1) is 26.1 Å². The quantitative estimate of drug-likeness (QED) is 0.828. The summed E-state index contributed by atoms with van der Waals surface area (Å²) in [5, 5.41) is 9.80. The number of methoxy groups -OCH3 is 1. The van der Waals surface area contributed by atoms with E-state index in [0.29, 0.717) is 32.1 Å². The third kappa shape index (κ3) is 3.49. The molecule has 6 heteroatoms. The van der Waals surface area contributed by atoms with Crippen LogP contribution in [0.4, 0.5) is 0 Å². The lowest BCUT2D eigenvalue weighted by Gasteiger charge is -2.36. The molecule has 2 heterocycles. The van der Waals surface area contributed by atoms with Crippen molar-refractivity contribution in [3.8, 4) is 5.75 Å². The SMILES string of the molecule is COc1cccc(SCC(=O)N2C[C@@H]3COCC[C@]3(CO)C2)c1. The highest BCUT2D eigenvalue weighted by atomic mass is 32.2. The van der Waals surface area contributed by atoms with Gasteiger partial charge in [0.15, 0.2) is 0 Å². The van der Waals surface area contributed by atoms with Crippen LogP contribution < -0.4 is 4.74 Å². The maximum Gasteiger partial charge on any atom is 0.232 e. The van der Waals surface area contributed by atoms with Gasteiger partial charge < -0.3 is 19.5 Å². The van der Waals surface area contributed by atoms with Gasteiger partial charge in [-0.25, -0.2) is 0 Å². The van der Waals surface area contributed by atoms with E-state index in [2.05, 4.69) is 0 Å². The van der Waals surface area contributed by atoms with Crippen molar-refractivity contribution in [2.75, 3.05) is 45.8 Å². The van der Waals surface area contributed by atoms with Crippen molar-refractivity contribution < 1.29 is 19.4 Å². The van der Waals surface area contributed by atoms with Crippen molar-refractivity contribution in [3.63, 3.8) is 0 Å². The number of aliphatic hydroxyl groups is 1. The zero-order valence-corrected chi connectivity index (χ0v) is 14.2. The number of thioether (sulfide) groups is 1. The van der Waals surface area contributed by atoms with Crippen LogP contribution in [0.1, 0.15) is 6.42 Å². The number of amides is 1. The lowest BCUT2D eigenvalue weighted by Crippen LogP contribution is -2.41. The molecule has 1 aromatic rings. The number of fused-ring (bicyclic) bond motifs is 1. The predicted octanol–water partition coefficient (Wildman–Crippen LogP) is 1.64. The van der Waals surface area contributed by atoms with E-state index in [4.69, 9.17) is 9.47 Å². The van der Waals surface area contributed by atoms with E-state index < -0.39 is 0 Å². The van der Waals surface area contributed by atoms with E-state index in [1.807, 2.05) is 29.2 Å². The maximum atomic E-state index is 12.5. The number of carbonyl (C=O) groups excluding carboxylic acids is 1.